The van der Waals surface area contributed by atoms with Gasteiger partial charge in [-0.3, -0.25) is 4.79 Å². The number of hydroxylamine groups is 1. The zero-order valence-electron chi connectivity index (χ0n) is 11.1. The number of hydrogen-bond acceptors (Lipinski definition) is 3. The van der Waals surface area contributed by atoms with Crippen molar-refractivity contribution in [2.75, 3.05) is 0 Å². The number of carbonyl (C=O) groups is 2. The fraction of sp³-hybridized carbons (Fsp3) is 0.467. The molecule has 1 fully saturated rings. The van der Waals surface area contributed by atoms with E-state index in [2.05, 4.69) is 10.3 Å². The summed E-state index contributed by atoms with van der Waals surface area (Å²) in [5.74, 6) is 0.148. The van der Waals surface area contributed by atoms with Gasteiger partial charge < -0.3 is 4.84 Å². The van der Waals surface area contributed by atoms with Gasteiger partial charge in [-0.1, -0.05) is 37.3 Å². The monoisotopic (exact) mass is 261 g/mol. The Labute approximate surface area is 113 Å². The maximum Gasteiger partial charge on any atom is 0.331 e. The molecule has 4 nitrogen and oxygen atoms in total. The summed E-state index contributed by atoms with van der Waals surface area (Å²) in [7, 11) is 0. The molecule has 2 rings (SSSR count). The van der Waals surface area contributed by atoms with Crippen LogP contribution in [0.25, 0.3) is 0 Å². The highest BCUT2D eigenvalue weighted by Crippen LogP contribution is 2.44. The molecule has 1 amide bonds. The molecule has 0 heterocycles. The summed E-state index contributed by atoms with van der Waals surface area (Å²) < 4.78 is 0. The first-order valence-corrected chi connectivity index (χ1v) is 6.74. The molecule has 1 atom stereocenters. The van der Waals surface area contributed by atoms with Crippen LogP contribution in [-0.4, -0.2) is 11.9 Å². The maximum absolute atomic E-state index is 11.8. The number of hydrogen-bond donors (Lipinski definition) is 1. The predicted molar refractivity (Wildman–Crippen MR) is 71.0 cm³/mol. The smallest absolute Gasteiger partial charge is 0.331 e. The minimum Gasteiger partial charge on any atom is -0.341 e. The molecule has 0 saturated heterocycles. The lowest BCUT2D eigenvalue weighted by Gasteiger charge is -2.16. The fourth-order valence-corrected chi connectivity index (χ4v) is 2.18. The number of amides is 1. The quantitative estimate of drug-likeness (QED) is 0.829. The molecule has 1 aliphatic carbocycles. The maximum atomic E-state index is 11.8. The van der Waals surface area contributed by atoms with Gasteiger partial charge in [0.05, 0.1) is 0 Å². The molecule has 102 valence electrons. The van der Waals surface area contributed by atoms with Gasteiger partial charge in [-0.15, -0.1) is 0 Å². The van der Waals surface area contributed by atoms with Crippen LogP contribution in [0.15, 0.2) is 30.3 Å². The highest BCUT2D eigenvalue weighted by Gasteiger charge is 2.33. The van der Waals surface area contributed by atoms with Crippen molar-refractivity contribution in [2.45, 2.75) is 38.5 Å². The van der Waals surface area contributed by atoms with Crippen molar-refractivity contribution in [2.24, 2.45) is 5.92 Å². The lowest BCUT2D eigenvalue weighted by Crippen LogP contribution is -2.28. The van der Waals surface area contributed by atoms with Crippen LogP contribution in [0.3, 0.4) is 0 Å². The van der Waals surface area contributed by atoms with Gasteiger partial charge in [-0.05, 0) is 30.2 Å². The van der Waals surface area contributed by atoms with Crippen LogP contribution >= 0.6 is 0 Å². The van der Waals surface area contributed by atoms with Crippen LogP contribution < -0.4 is 5.48 Å². The lowest BCUT2D eigenvalue weighted by molar-refractivity contribution is -0.158. The van der Waals surface area contributed by atoms with Gasteiger partial charge in [0.25, 0.3) is 5.91 Å². The van der Waals surface area contributed by atoms with E-state index in [4.69, 9.17) is 0 Å². The van der Waals surface area contributed by atoms with E-state index in [0.29, 0.717) is 12.3 Å². The van der Waals surface area contributed by atoms with E-state index in [9.17, 15) is 9.59 Å². The Balaban J connectivity index is 1.91. The zero-order valence-corrected chi connectivity index (χ0v) is 11.1. The number of carbonyl (C=O) groups excluding carboxylic acids is 2. The average Bonchev–Trinajstić information content (AvgIpc) is 3.27. The van der Waals surface area contributed by atoms with E-state index in [-0.39, 0.29) is 18.2 Å². The Bertz CT molecular complexity index is 440. The second-order valence-electron chi connectivity index (χ2n) is 4.91. The van der Waals surface area contributed by atoms with Gasteiger partial charge >= 0.3 is 5.97 Å². The molecule has 1 saturated carbocycles. The van der Waals surface area contributed by atoms with Crippen LogP contribution in [-0.2, 0) is 14.4 Å². The van der Waals surface area contributed by atoms with Crippen LogP contribution in [0.1, 0.15) is 44.1 Å². The van der Waals surface area contributed by atoms with E-state index >= 15 is 0 Å². The Morgan fingerprint density at radius 1 is 1.32 bits per heavy atom. The van der Waals surface area contributed by atoms with E-state index in [1.165, 1.54) is 18.4 Å². The highest BCUT2D eigenvalue weighted by atomic mass is 16.7. The molecular weight excluding hydrogens is 242 g/mol. The fourth-order valence-electron chi connectivity index (χ4n) is 2.18. The van der Waals surface area contributed by atoms with Crippen molar-refractivity contribution < 1.29 is 14.4 Å². The zero-order chi connectivity index (χ0) is 13.7. The van der Waals surface area contributed by atoms with Gasteiger partial charge in [0, 0.05) is 12.8 Å². The standard InChI is InChI=1S/C15H19NO3/c1-2-15(18)19-16-14(17)10-13(12-8-9-12)11-6-4-3-5-7-11/h3-7,12-13H,2,8-10H2,1H3,(H,16,17)/t13-/m1/s1. The number of benzene rings is 1. The van der Waals surface area contributed by atoms with Crippen molar-refractivity contribution in [1.29, 1.82) is 0 Å². The van der Waals surface area contributed by atoms with Crippen LogP contribution in [0.2, 0.25) is 0 Å². The molecule has 4 heteroatoms. The van der Waals surface area contributed by atoms with Crippen LogP contribution in [0, 0.1) is 5.92 Å². The van der Waals surface area contributed by atoms with Crippen LogP contribution in [0.4, 0.5) is 0 Å². The molecule has 0 spiro atoms. The average molecular weight is 261 g/mol. The third-order valence-electron chi connectivity index (χ3n) is 3.39. The molecule has 1 aromatic rings. The molecule has 0 unspecified atom stereocenters. The molecule has 0 aliphatic heterocycles. The Morgan fingerprint density at radius 3 is 2.58 bits per heavy atom. The van der Waals surface area contributed by atoms with Crippen molar-refractivity contribution in [3.63, 3.8) is 0 Å². The summed E-state index contributed by atoms with van der Waals surface area (Å²) in [4.78, 5) is 27.4. The van der Waals surface area contributed by atoms with E-state index in [1.807, 2.05) is 30.3 Å². The predicted octanol–water partition coefficient (Wildman–Crippen LogP) is 2.55. The molecule has 0 aromatic heterocycles. The third-order valence-corrected chi connectivity index (χ3v) is 3.39. The largest absolute Gasteiger partial charge is 0.341 e. The Kier molecular flexibility index (Phi) is 4.55. The number of rotatable bonds is 5. The summed E-state index contributed by atoms with van der Waals surface area (Å²) in [6.45, 7) is 1.69. The lowest BCUT2D eigenvalue weighted by atomic mass is 9.91. The molecule has 1 aliphatic rings. The first-order valence-electron chi connectivity index (χ1n) is 6.74. The van der Waals surface area contributed by atoms with Crippen molar-refractivity contribution in [3.8, 4) is 0 Å². The highest BCUT2D eigenvalue weighted by molar-refractivity contribution is 5.78. The second kappa shape index (κ2) is 6.36. The summed E-state index contributed by atoms with van der Waals surface area (Å²) >= 11 is 0. The summed E-state index contributed by atoms with van der Waals surface area (Å²) in [6, 6.07) is 10.0. The van der Waals surface area contributed by atoms with E-state index in [0.717, 1.165) is 0 Å². The molecule has 0 bridgehead atoms. The summed E-state index contributed by atoms with van der Waals surface area (Å²) in [5.41, 5.74) is 3.41. The summed E-state index contributed by atoms with van der Waals surface area (Å²) in [5, 5.41) is 0. The minimum absolute atomic E-state index is 0.224. The van der Waals surface area contributed by atoms with Crippen LogP contribution in [0.5, 0.6) is 0 Å². The van der Waals surface area contributed by atoms with Crippen molar-refractivity contribution in [3.05, 3.63) is 35.9 Å². The second-order valence-corrected chi connectivity index (χ2v) is 4.91. The molecular formula is C15H19NO3. The number of nitrogens with one attached hydrogen (secondary N) is 1. The molecule has 1 N–H and O–H groups in total. The van der Waals surface area contributed by atoms with Gasteiger partial charge in [-0.25, -0.2) is 4.79 Å². The van der Waals surface area contributed by atoms with Gasteiger partial charge in [0.1, 0.15) is 0 Å². The molecule has 1 aromatic carbocycles. The third kappa shape index (κ3) is 4.09. The van der Waals surface area contributed by atoms with Crippen molar-refractivity contribution >= 4 is 11.9 Å². The molecule has 0 radical (unpaired) electrons. The minimum atomic E-state index is -0.420. The Morgan fingerprint density at radius 2 is 2.00 bits per heavy atom. The SMILES string of the molecule is CCC(=O)ONC(=O)C[C@H](c1ccccc1)C1CC1. The van der Waals surface area contributed by atoms with Crippen molar-refractivity contribution in [1.82, 2.24) is 5.48 Å². The van der Waals surface area contributed by atoms with Gasteiger partial charge in [-0.2, -0.15) is 5.48 Å². The summed E-state index contributed by atoms with van der Waals surface area (Å²) in [6.07, 6.45) is 2.96. The normalized spacial score (nSPS) is 15.6. The molecule has 19 heavy (non-hydrogen) atoms. The Hall–Kier alpha value is -1.84. The topological polar surface area (TPSA) is 55.4 Å². The van der Waals surface area contributed by atoms with E-state index < -0.39 is 5.97 Å². The van der Waals surface area contributed by atoms with E-state index in [1.54, 1.807) is 6.92 Å². The van der Waals surface area contributed by atoms with Gasteiger partial charge in [0.15, 0.2) is 0 Å². The first-order chi connectivity index (χ1) is 9.20. The first kappa shape index (κ1) is 13.6. The van der Waals surface area contributed by atoms with Gasteiger partial charge in [0.2, 0.25) is 0 Å².